The molecular formula is C19H16N2O7. The van der Waals surface area contributed by atoms with Gasteiger partial charge in [0.1, 0.15) is 0 Å². The van der Waals surface area contributed by atoms with E-state index in [-0.39, 0.29) is 16.9 Å². The van der Waals surface area contributed by atoms with Gasteiger partial charge >= 0.3 is 11.9 Å². The van der Waals surface area contributed by atoms with Crippen LogP contribution in [0.1, 0.15) is 15.9 Å². The molecule has 0 radical (unpaired) electrons. The number of esters is 2. The van der Waals surface area contributed by atoms with Crippen LogP contribution in [0, 0.1) is 10.1 Å². The van der Waals surface area contributed by atoms with E-state index in [0.29, 0.717) is 5.56 Å². The van der Waals surface area contributed by atoms with Crippen LogP contribution in [0.25, 0.3) is 6.08 Å². The van der Waals surface area contributed by atoms with E-state index < -0.39 is 29.4 Å². The fourth-order valence-corrected chi connectivity index (χ4v) is 2.16. The number of ether oxygens (including phenoxy) is 2. The zero-order chi connectivity index (χ0) is 20.5. The molecule has 1 amide bonds. The Balaban J connectivity index is 1.91. The van der Waals surface area contributed by atoms with Crippen LogP contribution in [-0.2, 0) is 19.1 Å². The summed E-state index contributed by atoms with van der Waals surface area (Å²) in [6, 6.07) is 11.9. The first-order valence-electron chi connectivity index (χ1n) is 7.97. The van der Waals surface area contributed by atoms with Crippen molar-refractivity contribution in [3.8, 4) is 0 Å². The second kappa shape index (κ2) is 9.62. The Morgan fingerprint density at radius 3 is 2.61 bits per heavy atom. The summed E-state index contributed by atoms with van der Waals surface area (Å²) in [5, 5.41) is 13.2. The highest BCUT2D eigenvalue weighted by molar-refractivity contribution is 6.02. The molecule has 2 rings (SSSR count). The van der Waals surface area contributed by atoms with Crippen LogP contribution in [-0.4, -0.2) is 36.5 Å². The minimum absolute atomic E-state index is 0.112. The molecular weight excluding hydrogens is 368 g/mol. The summed E-state index contributed by atoms with van der Waals surface area (Å²) in [4.78, 5) is 45.5. The van der Waals surface area contributed by atoms with Crippen LogP contribution in [0.3, 0.4) is 0 Å². The van der Waals surface area contributed by atoms with E-state index in [1.54, 1.807) is 18.2 Å². The number of anilines is 1. The first-order valence-corrected chi connectivity index (χ1v) is 7.97. The second-order valence-electron chi connectivity index (χ2n) is 5.38. The third-order valence-corrected chi connectivity index (χ3v) is 3.44. The predicted octanol–water partition coefficient (Wildman–Crippen LogP) is 2.58. The molecule has 0 atom stereocenters. The number of amides is 1. The summed E-state index contributed by atoms with van der Waals surface area (Å²) < 4.78 is 9.44. The fourth-order valence-electron chi connectivity index (χ4n) is 2.16. The van der Waals surface area contributed by atoms with Gasteiger partial charge in [0, 0.05) is 18.2 Å². The summed E-state index contributed by atoms with van der Waals surface area (Å²) in [7, 11) is 1.22. The number of hydrogen-bond acceptors (Lipinski definition) is 7. The van der Waals surface area contributed by atoms with E-state index in [0.717, 1.165) is 6.08 Å². The van der Waals surface area contributed by atoms with Gasteiger partial charge in [-0.1, -0.05) is 24.3 Å². The van der Waals surface area contributed by atoms with Crippen LogP contribution in [0.5, 0.6) is 0 Å². The van der Waals surface area contributed by atoms with Crippen molar-refractivity contribution < 1.29 is 28.8 Å². The van der Waals surface area contributed by atoms with Crippen LogP contribution in [0.4, 0.5) is 11.4 Å². The Morgan fingerprint density at radius 1 is 1.14 bits per heavy atom. The lowest BCUT2D eigenvalue weighted by molar-refractivity contribution is -0.384. The van der Waals surface area contributed by atoms with E-state index in [1.165, 1.54) is 43.5 Å². The van der Waals surface area contributed by atoms with Crippen molar-refractivity contribution in [2.24, 2.45) is 0 Å². The molecule has 0 aliphatic rings. The first kappa shape index (κ1) is 20.3. The molecule has 2 aromatic rings. The lowest BCUT2D eigenvalue weighted by Crippen LogP contribution is -2.21. The number of nitro benzene ring substituents is 1. The molecule has 28 heavy (non-hydrogen) atoms. The molecule has 0 aromatic heterocycles. The number of non-ortho nitro benzene ring substituents is 1. The van der Waals surface area contributed by atoms with Crippen LogP contribution in [0.15, 0.2) is 54.6 Å². The van der Waals surface area contributed by atoms with E-state index in [9.17, 15) is 24.5 Å². The molecule has 9 nitrogen and oxygen atoms in total. The highest BCUT2D eigenvalue weighted by atomic mass is 16.6. The Hall–Kier alpha value is -4.01. The number of nitrogens with zero attached hydrogens (tertiary/aromatic N) is 1. The van der Waals surface area contributed by atoms with Crippen LogP contribution in [0.2, 0.25) is 0 Å². The number of nitro groups is 1. The molecule has 0 aliphatic heterocycles. The quantitative estimate of drug-likeness (QED) is 0.337. The maximum atomic E-state index is 11.9. The van der Waals surface area contributed by atoms with Crippen LogP contribution >= 0.6 is 0 Å². The number of benzene rings is 2. The standard InChI is InChI=1S/C19H16N2O7/c1-27-19(24)15-7-2-3-8-16(15)20-17(22)12-28-18(23)10-9-13-5-4-6-14(11-13)21(25)26/h2-11H,12H2,1H3,(H,20,22)/b10-9+. The zero-order valence-electron chi connectivity index (χ0n) is 14.8. The van der Waals surface area contributed by atoms with Gasteiger partial charge in [-0.2, -0.15) is 0 Å². The van der Waals surface area contributed by atoms with Crippen molar-refractivity contribution in [3.63, 3.8) is 0 Å². The molecule has 9 heteroatoms. The van der Waals surface area contributed by atoms with E-state index in [1.807, 2.05) is 0 Å². The van der Waals surface area contributed by atoms with Crippen molar-refractivity contribution in [2.45, 2.75) is 0 Å². The normalized spacial score (nSPS) is 10.3. The number of carbonyl (C=O) groups excluding carboxylic acids is 3. The van der Waals surface area contributed by atoms with Gasteiger partial charge < -0.3 is 14.8 Å². The number of rotatable bonds is 7. The van der Waals surface area contributed by atoms with Gasteiger partial charge in [-0.15, -0.1) is 0 Å². The predicted molar refractivity (Wildman–Crippen MR) is 99.5 cm³/mol. The summed E-state index contributed by atoms with van der Waals surface area (Å²) in [6.07, 6.45) is 2.38. The van der Waals surface area contributed by atoms with E-state index in [2.05, 4.69) is 10.1 Å². The molecule has 1 N–H and O–H groups in total. The third-order valence-electron chi connectivity index (χ3n) is 3.44. The van der Waals surface area contributed by atoms with Crippen molar-refractivity contribution in [2.75, 3.05) is 19.0 Å². The fraction of sp³-hybridized carbons (Fsp3) is 0.105. The largest absolute Gasteiger partial charge is 0.465 e. The minimum atomic E-state index is -0.803. The maximum Gasteiger partial charge on any atom is 0.339 e. The summed E-state index contributed by atoms with van der Waals surface area (Å²) >= 11 is 0. The SMILES string of the molecule is COC(=O)c1ccccc1NC(=O)COC(=O)/C=C/c1cccc([N+](=O)[O-])c1. The molecule has 144 valence electrons. The Labute approximate surface area is 159 Å². The number of carbonyl (C=O) groups is 3. The number of para-hydroxylation sites is 1. The summed E-state index contributed by atoms with van der Waals surface area (Å²) in [5.41, 5.74) is 0.708. The number of nitrogens with one attached hydrogen (secondary N) is 1. The maximum absolute atomic E-state index is 11.9. The molecule has 0 bridgehead atoms. The van der Waals surface area contributed by atoms with Gasteiger partial charge in [-0.05, 0) is 23.8 Å². The molecule has 0 spiro atoms. The van der Waals surface area contributed by atoms with Crippen LogP contribution < -0.4 is 5.32 Å². The Kier molecular flexibility index (Phi) is 6.98. The zero-order valence-corrected chi connectivity index (χ0v) is 14.8. The van der Waals surface area contributed by atoms with Gasteiger partial charge in [-0.3, -0.25) is 14.9 Å². The lowest BCUT2D eigenvalue weighted by Gasteiger charge is -2.09. The van der Waals surface area contributed by atoms with Crippen molar-refractivity contribution in [3.05, 3.63) is 75.8 Å². The van der Waals surface area contributed by atoms with E-state index in [4.69, 9.17) is 4.74 Å². The smallest absolute Gasteiger partial charge is 0.339 e. The van der Waals surface area contributed by atoms with E-state index >= 15 is 0 Å². The molecule has 0 fully saturated rings. The Morgan fingerprint density at radius 2 is 1.89 bits per heavy atom. The first-order chi connectivity index (χ1) is 13.4. The number of hydrogen-bond donors (Lipinski definition) is 1. The molecule has 0 aliphatic carbocycles. The van der Waals surface area contributed by atoms with Gasteiger partial charge in [0.15, 0.2) is 6.61 Å². The van der Waals surface area contributed by atoms with Crippen molar-refractivity contribution >= 4 is 35.3 Å². The second-order valence-corrected chi connectivity index (χ2v) is 5.38. The summed E-state index contributed by atoms with van der Waals surface area (Å²) in [6.45, 7) is -0.576. The topological polar surface area (TPSA) is 125 Å². The molecule has 0 unspecified atom stereocenters. The highest BCUT2D eigenvalue weighted by Crippen LogP contribution is 2.16. The molecule has 2 aromatic carbocycles. The third kappa shape index (κ3) is 5.77. The average Bonchev–Trinajstić information content (AvgIpc) is 2.70. The van der Waals surface area contributed by atoms with Gasteiger partial charge in [-0.25, -0.2) is 9.59 Å². The van der Waals surface area contributed by atoms with Crippen molar-refractivity contribution in [1.82, 2.24) is 0 Å². The lowest BCUT2D eigenvalue weighted by atomic mass is 10.2. The van der Waals surface area contributed by atoms with Gasteiger partial charge in [0.2, 0.25) is 0 Å². The number of methoxy groups -OCH3 is 1. The monoisotopic (exact) mass is 384 g/mol. The van der Waals surface area contributed by atoms with Crippen molar-refractivity contribution in [1.29, 1.82) is 0 Å². The molecule has 0 heterocycles. The Bertz CT molecular complexity index is 937. The average molecular weight is 384 g/mol. The van der Waals surface area contributed by atoms with Gasteiger partial charge in [0.25, 0.3) is 11.6 Å². The highest BCUT2D eigenvalue weighted by Gasteiger charge is 2.14. The minimum Gasteiger partial charge on any atom is -0.465 e. The van der Waals surface area contributed by atoms with Gasteiger partial charge in [0.05, 0.1) is 23.3 Å². The molecule has 0 saturated heterocycles. The molecule has 0 saturated carbocycles. The summed E-state index contributed by atoms with van der Waals surface area (Å²) in [5.74, 6) is -2.07.